The lowest BCUT2D eigenvalue weighted by Gasteiger charge is -2.10. The van der Waals surface area contributed by atoms with Gasteiger partial charge in [0.05, 0.1) is 13.7 Å². The van der Waals surface area contributed by atoms with Gasteiger partial charge in [-0.3, -0.25) is 0 Å². The number of ether oxygens (including phenoxy) is 2. The average molecular weight is 338 g/mol. The number of phenolic OH excluding ortho intramolecular Hbond substituents is 1. The third kappa shape index (κ3) is 6.40. The van der Waals surface area contributed by atoms with Gasteiger partial charge in [0.15, 0.2) is 0 Å². The summed E-state index contributed by atoms with van der Waals surface area (Å²) in [4.78, 5) is 0. The van der Waals surface area contributed by atoms with Gasteiger partial charge in [-0.05, 0) is 80.2 Å². The molecule has 0 aliphatic rings. The number of phenols is 1. The zero-order chi connectivity index (χ0) is 17.9. The number of para-hydroxylation sites is 1. The highest BCUT2D eigenvalue weighted by molar-refractivity contribution is 5.39. The van der Waals surface area contributed by atoms with Gasteiger partial charge in [0.2, 0.25) is 0 Å². The Morgan fingerprint density at radius 3 is 2.60 bits per heavy atom. The molecule has 0 aliphatic carbocycles. The monoisotopic (exact) mass is 338 g/mol. The van der Waals surface area contributed by atoms with Crippen LogP contribution in [0.5, 0.6) is 17.2 Å². The molecule has 0 heterocycles. The van der Waals surface area contributed by atoms with Gasteiger partial charge in [-0.25, -0.2) is 0 Å². The van der Waals surface area contributed by atoms with Gasteiger partial charge in [-0.1, -0.05) is 18.2 Å². The summed E-state index contributed by atoms with van der Waals surface area (Å²) in [5.74, 6) is 1.98. The molecule has 0 spiro atoms. The molecule has 0 aromatic heterocycles. The minimum atomic E-state index is 0.313. The quantitative estimate of drug-likeness (QED) is 0.498. The van der Waals surface area contributed by atoms with Crippen LogP contribution in [-0.2, 0) is 6.42 Å². The number of allylic oxidation sites excluding steroid dienone is 1. The number of benzene rings is 2. The van der Waals surface area contributed by atoms with Crippen molar-refractivity contribution in [1.82, 2.24) is 0 Å². The summed E-state index contributed by atoms with van der Waals surface area (Å²) in [5, 5.41) is 10.0. The lowest BCUT2D eigenvalue weighted by Crippen LogP contribution is -1.99. The van der Waals surface area contributed by atoms with Crippen LogP contribution < -0.4 is 9.47 Å². The van der Waals surface area contributed by atoms with Gasteiger partial charge >= 0.3 is 0 Å². The number of aryl methyl sites for hydroxylation is 1. The van der Waals surface area contributed by atoms with Gasteiger partial charge in [0.1, 0.15) is 17.2 Å². The Labute approximate surface area is 150 Å². The minimum absolute atomic E-state index is 0.313. The standard InChI is InChI=1S/C22H26O3/c1-3-8-18(9-7-16-25-20-10-5-4-6-11-20)12-13-19-17-21(24-2)14-15-22(19)23/h3-6,10-11,14-15,17,23H,7,9,12-13,16H2,1-2H3. The second-order valence-electron chi connectivity index (χ2n) is 5.80. The third-order valence-corrected chi connectivity index (χ3v) is 3.97. The lowest BCUT2D eigenvalue weighted by molar-refractivity contribution is 0.310. The summed E-state index contributed by atoms with van der Waals surface area (Å²) in [6, 6.07) is 15.2. The molecule has 132 valence electrons. The molecule has 0 radical (unpaired) electrons. The van der Waals surface area contributed by atoms with E-state index in [-0.39, 0.29) is 0 Å². The molecular formula is C22H26O3. The second-order valence-corrected chi connectivity index (χ2v) is 5.80. The smallest absolute Gasteiger partial charge is 0.119 e. The van der Waals surface area contributed by atoms with Crippen LogP contribution in [0, 0.1) is 0 Å². The van der Waals surface area contributed by atoms with Gasteiger partial charge in [-0.15, -0.1) is 5.73 Å². The van der Waals surface area contributed by atoms with E-state index < -0.39 is 0 Å². The molecule has 0 unspecified atom stereocenters. The lowest BCUT2D eigenvalue weighted by atomic mass is 10.0. The highest BCUT2D eigenvalue weighted by Crippen LogP contribution is 2.25. The van der Waals surface area contributed by atoms with Gasteiger partial charge in [-0.2, -0.15) is 0 Å². The van der Waals surface area contributed by atoms with Crippen LogP contribution >= 0.6 is 0 Å². The Kier molecular flexibility index (Phi) is 7.68. The molecule has 25 heavy (non-hydrogen) atoms. The summed E-state index contributed by atoms with van der Waals surface area (Å²) in [6.45, 7) is 2.66. The maximum atomic E-state index is 10.0. The van der Waals surface area contributed by atoms with Crippen molar-refractivity contribution in [2.45, 2.75) is 32.6 Å². The molecule has 0 bridgehead atoms. The van der Waals surface area contributed by atoms with Crippen LogP contribution in [0.4, 0.5) is 0 Å². The van der Waals surface area contributed by atoms with E-state index in [1.54, 1.807) is 19.2 Å². The van der Waals surface area contributed by atoms with Crippen molar-refractivity contribution in [2.75, 3.05) is 13.7 Å². The van der Waals surface area contributed by atoms with Gasteiger partial charge < -0.3 is 14.6 Å². The summed E-state index contributed by atoms with van der Waals surface area (Å²) >= 11 is 0. The number of hydrogen-bond acceptors (Lipinski definition) is 3. The molecule has 2 rings (SSSR count). The van der Waals surface area contributed by atoms with E-state index >= 15 is 0 Å². The Balaban J connectivity index is 1.84. The molecular weight excluding hydrogens is 312 g/mol. The van der Waals surface area contributed by atoms with E-state index in [1.807, 2.05) is 49.4 Å². The summed E-state index contributed by atoms with van der Waals surface area (Å²) < 4.78 is 11.0. The fourth-order valence-corrected chi connectivity index (χ4v) is 2.64. The summed E-state index contributed by atoms with van der Waals surface area (Å²) in [5.41, 5.74) is 5.46. The minimum Gasteiger partial charge on any atom is -0.508 e. The molecule has 3 heteroatoms. The molecule has 3 nitrogen and oxygen atoms in total. The topological polar surface area (TPSA) is 38.7 Å². The molecule has 2 aromatic carbocycles. The number of rotatable bonds is 9. The Bertz CT molecular complexity index is 713. The molecule has 0 saturated carbocycles. The number of hydrogen-bond donors (Lipinski definition) is 1. The van der Waals surface area contributed by atoms with Crippen molar-refractivity contribution >= 4 is 0 Å². The van der Waals surface area contributed by atoms with Crippen molar-refractivity contribution in [2.24, 2.45) is 0 Å². The van der Waals surface area contributed by atoms with Crippen LogP contribution in [-0.4, -0.2) is 18.8 Å². The molecule has 0 saturated heterocycles. The summed E-state index contributed by atoms with van der Waals surface area (Å²) in [6.07, 6.45) is 5.44. The number of aromatic hydroxyl groups is 1. The van der Waals surface area contributed by atoms with E-state index in [4.69, 9.17) is 9.47 Å². The van der Waals surface area contributed by atoms with E-state index in [2.05, 4.69) is 5.73 Å². The molecule has 0 atom stereocenters. The SMILES string of the molecule is CC=C=C(CCCOc1ccccc1)CCc1cc(OC)ccc1O. The van der Waals surface area contributed by atoms with Crippen molar-refractivity contribution < 1.29 is 14.6 Å². The van der Waals surface area contributed by atoms with Crippen LogP contribution in [0.3, 0.4) is 0 Å². The van der Waals surface area contributed by atoms with Crippen LogP contribution in [0.2, 0.25) is 0 Å². The van der Waals surface area contributed by atoms with Crippen molar-refractivity contribution in [3.05, 3.63) is 71.5 Å². The predicted molar refractivity (Wildman–Crippen MR) is 101 cm³/mol. The summed E-state index contributed by atoms with van der Waals surface area (Å²) in [7, 11) is 1.63. The second kappa shape index (κ2) is 10.3. The first-order valence-electron chi connectivity index (χ1n) is 8.65. The highest BCUT2D eigenvalue weighted by atomic mass is 16.5. The molecule has 0 fully saturated rings. The highest BCUT2D eigenvalue weighted by Gasteiger charge is 2.06. The van der Waals surface area contributed by atoms with Crippen LogP contribution in [0.1, 0.15) is 31.7 Å². The zero-order valence-electron chi connectivity index (χ0n) is 15.0. The predicted octanol–water partition coefficient (Wildman–Crippen LogP) is 5.29. The first-order chi connectivity index (χ1) is 12.2. The largest absolute Gasteiger partial charge is 0.508 e. The van der Waals surface area contributed by atoms with Crippen molar-refractivity contribution in [3.8, 4) is 17.2 Å². The van der Waals surface area contributed by atoms with Crippen molar-refractivity contribution in [3.63, 3.8) is 0 Å². The van der Waals surface area contributed by atoms with Crippen molar-refractivity contribution in [1.29, 1.82) is 0 Å². The maximum absolute atomic E-state index is 10.0. The maximum Gasteiger partial charge on any atom is 0.119 e. The van der Waals surface area contributed by atoms with Crippen LogP contribution in [0.25, 0.3) is 0 Å². The third-order valence-electron chi connectivity index (χ3n) is 3.97. The van der Waals surface area contributed by atoms with E-state index in [0.29, 0.717) is 12.4 Å². The Hall–Kier alpha value is -2.64. The first kappa shape index (κ1) is 18.7. The fraction of sp³-hybridized carbons (Fsp3) is 0.318. The van der Waals surface area contributed by atoms with Crippen LogP contribution in [0.15, 0.2) is 65.9 Å². The van der Waals surface area contributed by atoms with Gasteiger partial charge in [0, 0.05) is 0 Å². The molecule has 2 aromatic rings. The van der Waals surface area contributed by atoms with E-state index in [0.717, 1.165) is 42.7 Å². The van der Waals surface area contributed by atoms with Gasteiger partial charge in [0.25, 0.3) is 0 Å². The zero-order valence-corrected chi connectivity index (χ0v) is 15.0. The number of methoxy groups -OCH3 is 1. The molecule has 0 amide bonds. The molecule has 0 aliphatic heterocycles. The fourth-order valence-electron chi connectivity index (χ4n) is 2.64. The normalized spacial score (nSPS) is 10.0. The molecule has 1 N–H and O–H groups in total. The Morgan fingerprint density at radius 2 is 1.88 bits per heavy atom. The van der Waals surface area contributed by atoms with E-state index in [1.165, 1.54) is 5.57 Å². The first-order valence-corrected chi connectivity index (χ1v) is 8.65. The average Bonchev–Trinajstić information content (AvgIpc) is 2.65. The Morgan fingerprint density at radius 1 is 1.08 bits per heavy atom. The van der Waals surface area contributed by atoms with E-state index in [9.17, 15) is 5.11 Å².